The summed E-state index contributed by atoms with van der Waals surface area (Å²) in [7, 11) is 1.29. The first-order valence-electron chi connectivity index (χ1n) is 8.97. The maximum Gasteiger partial charge on any atom is 0.410 e. The van der Waals surface area contributed by atoms with Crippen molar-refractivity contribution in [2.75, 3.05) is 26.8 Å². The Bertz CT molecular complexity index is 775. The molecule has 0 saturated heterocycles. The minimum absolute atomic E-state index is 0.0110. The second-order valence-corrected chi connectivity index (χ2v) is 7.30. The number of nitrogens with zero attached hydrogens (tertiary/aromatic N) is 1. The van der Waals surface area contributed by atoms with E-state index >= 15 is 0 Å². The molecular formula is C20H25F2NO5. The number of carbonyl (C=O) groups is 2. The zero-order valence-corrected chi connectivity index (χ0v) is 16.7. The first-order chi connectivity index (χ1) is 13.1. The van der Waals surface area contributed by atoms with Gasteiger partial charge in [-0.05, 0) is 39.7 Å². The summed E-state index contributed by atoms with van der Waals surface area (Å²) in [6, 6.07) is 2.06. The minimum Gasteiger partial charge on any atom is -0.497 e. The van der Waals surface area contributed by atoms with Crippen LogP contribution in [-0.4, -0.2) is 49.4 Å². The van der Waals surface area contributed by atoms with Crippen LogP contribution in [0.2, 0.25) is 0 Å². The predicted molar refractivity (Wildman–Crippen MR) is 98.9 cm³/mol. The highest BCUT2D eigenvalue weighted by Crippen LogP contribution is 2.33. The van der Waals surface area contributed by atoms with Crippen molar-refractivity contribution in [3.05, 3.63) is 34.9 Å². The summed E-state index contributed by atoms with van der Waals surface area (Å²) in [5, 5.41) is 0. The summed E-state index contributed by atoms with van der Waals surface area (Å²) in [5.74, 6) is -2.42. The van der Waals surface area contributed by atoms with Crippen molar-refractivity contribution in [2.24, 2.45) is 0 Å². The molecule has 2 rings (SSSR count). The fourth-order valence-corrected chi connectivity index (χ4v) is 2.87. The molecule has 0 atom stereocenters. The monoisotopic (exact) mass is 397 g/mol. The molecular weight excluding hydrogens is 372 g/mol. The van der Waals surface area contributed by atoms with Crippen molar-refractivity contribution in [2.45, 2.75) is 39.7 Å². The van der Waals surface area contributed by atoms with Crippen molar-refractivity contribution >= 4 is 17.6 Å². The molecule has 0 fully saturated rings. The van der Waals surface area contributed by atoms with E-state index in [4.69, 9.17) is 14.2 Å². The van der Waals surface area contributed by atoms with E-state index in [9.17, 15) is 18.4 Å². The Labute approximate surface area is 163 Å². The molecule has 1 amide bonds. The Morgan fingerprint density at radius 3 is 2.29 bits per heavy atom. The number of carbonyl (C=O) groups excluding carboxylic acids is 2. The van der Waals surface area contributed by atoms with E-state index < -0.39 is 29.3 Å². The maximum atomic E-state index is 14.7. The molecule has 0 radical (unpaired) electrons. The van der Waals surface area contributed by atoms with Crippen LogP contribution in [0.15, 0.2) is 17.7 Å². The first-order valence-corrected chi connectivity index (χ1v) is 8.97. The van der Waals surface area contributed by atoms with Crippen molar-refractivity contribution in [3.63, 3.8) is 0 Å². The Morgan fingerprint density at radius 1 is 1.18 bits per heavy atom. The topological polar surface area (TPSA) is 65.1 Å². The molecule has 8 heteroatoms. The first kappa shape index (κ1) is 21.7. The van der Waals surface area contributed by atoms with Crippen molar-refractivity contribution < 1.29 is 32.6 Å². The van der Waals surface area contributed by atoms with Gasteiger partial charge in [-0.15, -0.1) is 0 Å². The number of halogens is 2. The molecule has 1 heterocycles. The van der Waals surface area contributed by atoms with Crippen LogP contribution in [0.1, 0.15) is 39.7 Å². The third kappa shape index (κ3) is 4.99. The lowest BCUT2D eigenvalue weighted by Crippen LogP contribution is -2.41. The summed E-state index contributed by atoms with van der Waals surface area (Å²) in [6.45, 7) is 6.92. The van der Waals surface area contributed by atoms with E-state index in [0.717, 1.165) is 12.1 Å². The minimum atomic E-state index is -0.889. The summed E-state index contributed by atoms with van der Waals surface area (Å²) < 4.78 is 44.6. The van der Waals surface area contributed by atoms with E-state index in [1.165, 1.54) is 12.0 Å². The van der Waals surface area contributed by atoms with E-state index in [0.29, 0.717) is 0 Å². The van der Waals surface area contributed by atoms with Gasteiger partial charge in [-0.1, -0.05) is 0 Å². The average Bonchev–Trinajstić information content (AvgIpc) is 2.59. The lowest BCUT2D eigenvalue weighted by molar-refractivity contribution is -0.138. The summed E-state index contributed by atoms with van der Waals surface area (Å²) in [6.07, 6.45) is -0.527. The normalized spacial score (nSPS) is 14.8. The van der Waals surface area contributed by atoms with E-state index in [-0.39, 0.29) is 48.6 Å². The van der Waals surface area contributed by atoms with Gasteiger partial charge in [0.25, 0.3) is 0 Å². The standard InChI is InChI=1S/C20H25F2NO5/c1-6-27-18(24)13-7-8-23(19(25)28-20(2,3)4)11-14(13)17-15(21)9-12(26-5)10-16(17)22/h9-10H,6-8,11H2,1-5H3. The number of hydrogen-bond donors (Lipinski definition) is 0. The molecule has 154 valence electrons. The van der Waals surface area contributed by atoms with Crippen LogP contribution in [0.5, 0.6) is 5.75 Å². The molecule has 0 N–H and O–H groups in total. The van der Waals surface area contributed by atoms with Crippen LogP contribution in [0, 0.1) is 11.6 Å². The SMILES string of the molecule is CCOC(=O)C1=C(c2c(F)cc(OC)cc2F)CN(C(=O)OC(C)(C)C)CC1. The fourth-order valence-electron chi connectivity index (χ4n) is 2.87. The highest BCUT2D eigenvalue weighted by atomic mass is 19.1. The lowest BCUT2D eigenvalue weighted by atomic mass is 9.93. The molecule has 0 spiro atoms. The number of esters is 1. The Hall–Kier alpha value is -2.64. The average molecular weight is 397 g/mol. The van der Waals surface area contributed by atoms with Gasteiger partial charge < -0.3 is 19.1 Å². The predicted octanol–water partition coefficient (Wildman–Crippen LogP) is 3.93. The Balaban J connectivity index is 2.49. The molecule has 1 aromatic carbocycles. The zero-order chi connectivity index (χ0) is 21.1. The van der Waals surface area contributed by atoms with Crippen LogP contribution in [0.4, 0.5) is 13.6 Å². The Kier molecular flexibility index (Phi) is 6.64. The number of amides is 1. The number of benzene rings is 1. The quantitative estimate of drug-likeness (QED) is 0.721. The number of hydrogen-bond acceptors (Lipinski definition) is 5. The molecule has 0 unspecified atom stereocenters. The highest BCUT2D eigenvalue weighted by molar-refractivity contribution is 5.99. The van der Waals surface area contributed by atoms with Crippen LogP contribution < -0.4 is 4.74 Å². The van der Waals surface area contributed by atoms with Crippen LogP contribution in [0.3, 0.4) is 0 Å². The van der Waals surface area contributed by atoms with Crippen LogP contribution >= 0.6 is 0 Å². The van der Waals surface area contributed by atoms with Gasteiger partial charge in [-0.25, -0.2) is 18.4 Å². The van der Waals surface area contributed by atoms with Gasteiger partial charge in [0.15, 0.2) is 0 Å². The molecule has 0 aromatic heterocycles. The van der Waals surface area contributed by atoms with Gasteiger partial charge >= 0.3 is 12.1 Å². The molecule has 0 aliphatic carbocycles. The molecule has 28 heavy (non-hydrogen) atoms. The second-order valence-electron chi connectivity index (χ2n) is 7.30. The molecule has 6 nitrogen and oxygen atoms in total. The van der Waals surface area contributed by atoms with Crippen molar-refractivity contribution in [1.29, 1.82) is 0 Å². The molecule has 0 saturated carbocycles. The molecule has 0 bridgehead atoms. The van der Waals surface area contributed by atoms with Gasteiger partial charge in [-0.3, -0.25) is 0 Å². The largest absolute Gasteiger partial charge is 0.497 e. The number of methoxy groups -OCH3 is 1. The highest BCUT2D eigenvalue weighted by Gasteiger charge is 2.32. The maximum absolute atomic E-state index is 14.7. The Morgan fingerprint density at radius 2 is 1.79 bits per heavy atom. The molecule has 1 aliphatic rings. The van der Waals surface area contributed by atoms with E-state index in [1.807, 2.05) is 0 Å². The summed E-state index contributed by atoms with van der Waals surface area (Å²) in [5.41, 5.74) is -0.895. The van der Waals surface area contributed by atoms with Crippen molar-refractivity contribution in [3.8, 4) is 5.75 Å². The van der Waals surface area contributed by atoms with E-state index in [2.05, 4.69) is 0 Å². The zero-order valence-electron chi connectivity index (χ0n) is 16.7. The van der Waals surface area contributed by atoms with Gasteiger partial charge in [-0.2, -0.15) is 0 Å². The third-order valence-electron chi connectivity index (χ3n) is 4.07. The van der Waals surface area contributed by atoms with Crippen LogP contribution in [-0.2, 0) is 14.3 Å². The van der Waals surface area contributed by atoms with Crippen molar-refractivity contribution in [1.82, 2.24) is 4.90 Å². The van der Waals surface area contributed by atoms with Gasteiger partial charge in [0.2, 0.25) is 0 Å². The number of rotatable bonds is 4. The van der Waals surface area contributed by atoms with Gasteiger partial charge in [0.05, 0.1) is 25.8 Å². The summed E-state index contributed by atoms with van der Waals surface area (Å²) in [4.78, 5) is 26.1. The van der Waals surface area contributed by atoms with Gasteiger partial charge in [0, 0.05) is 24.3 Å². The summed E-state index contributed by atoms with van der Waals surface area (Å²) >= 11 is 0. The van der Waals surface area contributed by atoms with E-state index in [1.54, 1.807) is 27.7 Å². The lowest BCUT2D eigenvalue weighted by Gasteiger charge is -2.32. The third-order valence-corrected chi connectivity index (χ3v) is 4.07. The van der Waals surface area contributed by atoms with Crippen LogP contribution in [0.25, 0.3) is 5.57 Å². The smallest absolute Gasteiger partial charge is 0.410 e. The molecule has 1 aromatic rings. The second kappa shape index (κ2) is 8.58. The van der Waals surface area contributed by atoms with Gasteiger partial charge in [0.1, 0.15) is 23.0 Å². The molecule has 1 aliphatic heterocycles. The fraction of sp³-hybridized carbons (Fsp3) is 0.500. The number of ether oxygens (including phenoxy) is 3.